The number of para-hydroxylation sites is 1. The molecule has 1 aromatic rings. The van der Waals surface area contributed by atoms with Crippen LogP contribution in [-0.2, 0) is 5.41 Å². The molecule has 1 nitrogen and oxygen atoms in total. The fourth-order valence-electron chi connectivity index (χ4n) is 1.52. The maximum absolute atomic E-state index is 9.76. The Labute approximate surface area is 85.9 Å². The fraction of sp³-hybridized carbons (Fsp3) is 0.273. The molecule has 0 amide bonds. The topological polar surface area (TPSA) is 20.2 Å². The number of phenols is 1. The number of hydrogen-bond acceptors (Lipinski definition) is 1. The zero-order valence-electron chi connectivity index (χ0n) is 7.05. The van der Waals surface area contributed by atoms with E-state index < -0.39 is 0 Å². The summed E-state index contributed by atoms with van der Waals surface area (Å²) in [6.45, 7) is 0. The van der Waals surface area contributed by atoms with Crippen LogP contribution in [-0.4, -0.2) is 5.11 Å². The van der Waals surface area contributed by atoms with E-state index >= 15 is 0 Å². The summed E-state index contributed by atoms with van der Waals surface area (Å²) in [5.41, 5.74) is 0.692. The van der Waals surface area contributed by atoms with Crippen molar-refractivity contribution in [1.82, 2.24) is 0 Å². The Bertz CT molecular complexity index is 386. The maximum atomic E-state index is 9.76. The molecule has 0 bridgehead atoms. The smallest absolute Gasteiger partial charge is 0.134 e. The van der Waals surface area contributed by atoms with Crippen LogP contribution in [0.5, 0.6) is 5.75 Å². The van der Waals surface area contributed by atoms with E-state index in [4.69, 9.17) is 6.42 Å². The number of phenolic OH excluding ortho intramolecular Hbond substituents is 1. The Hall–Kier alpha value is -0.940. The van der Waals surface area contributed by atoms with Gasteiger partial charge in [0.25, 0.3) is 0 Å². The lowest BCUT2D eigenvalue weighted by Crippen LogP contribution is -2.02. The summed E-state index contributed by atoms with van der Waals surface area (Å²) in [7, 11) is 0. The Balaban J connectivity index is 2.54. The van der Waals surface area contributed by atoms with E-state index in [0.29, 0.717) is 4.47 Å². The van der Waals surface area contributed by atoms with Gasteiger partial charge < -0.3 is 5.11 Å². The molecule has 1 aliphatic carbocycles. The van der Waals surface area contributed by atoms with Gasteiger partial charge in [-0.3, -0.25) is 0 Å². The van der Waals surface area contributed by atoms with Gasteiger partial charge in [-0.15, -0.1) is 6.42 Å². The molecular weight excluding hydrogens is 228 g/mol. The van der Waals surface area contributed by atoms with Gasteiger partial charge in [0.1, 0.15) is 5.75 Å². The molecule has 0 atom stereocenters. The van der Waals surface area contributed by atoms with E-state index in [0.717, 1.165) is 18.4 Å². The molecule has 0 unspecified atom stereocenters. The Morgan fingerprint density at radius 3 is 2.69 bits per heavy atom. The van der Waals surface area contributed by atoms with E-state index in [-0.39, 0.29) is 11.2 Å². The van der Waals surface area contributed by atoms with Crippen LogP contribution in [0.1, 0.15) is 18.4 Å². The number of terminal acetylenes is 1. The summed E-state index contributed by atoms with van der Waals surface area (Å²) in [6, 6.07) is 5.61. The number of aromatic hydroxyl groups is 1. The number of rotatable bonds is 1. The molecule has 0 saturated heterocycles. The van der Waals surface area contributed by atoms with E-state index in [1.807, 2.05) is 18.2 Å². The summed E-state index contributed by atoms with van der Waals surface area (Å²) in [6.07, 6.45) is 7.40. The van der Waals surface area contributed by atoms with E-state index in [2.05, 4.69) is 21.9 Å². The van der Waals surface area contributed by atoms with E-state index in [1.54, 1.807) is 0 Å². The zero-order valence-corrected chi connectivity index (χ0v) is 8.63. The van der Waals surface area contributed by atoms with Gasteiger partial charge in [-0.1, -0.05) is 18.1 Å². The summed E-state index contributed by atoms with van der Waals surface area (Å²) in [5.74, 6) is 3.05. The molecule has 0 radical (unpaired) electrons. The molecule has 2 rings (SSSR count). The largest absolute Gasteiger partial charge is 0.506 e. The fourth-order valence-corrected chi connectivity index (χ4v) is 1.88. The maximum Gasteiger partial charge on any atom is 0.134 e. The molecule has 13 heavy (non-hydrogen) atoms. The highest BCUT2D eigenvalue weighted by molar-refractivity contribution is 9.10. The second-order valence-electron chi connectivity index (χ2n) is 3.36. The lowest BCUT2D eigenvalue weighted by Gasteiger charge is -2.10. The van der Waals surface area contributed by atoms with E-state index in [1.165, 1.54) is 0 Å². The quantitative estimate of drug-likeness (QED) is 0.744. The summed E-state index contributed by atoms with van der Waals surface area (Å²) in [4.78, 5) is 0. The SMILES string of the molecule is C#CC1(c2cccc(Br)c2O)CC1. The standard InChI is InChI=1S/C11H9BrO/c1-2-11(6-7-11)8-4-3-5-9(12)10(8)13/h1,3-5,13H,6-7H2. The van der Waals surface area contributed by atoms with Gasteiger partial charge in [0.05, 0.1) is 9.89 Å². The van der Waals surface area contributed by atoms with Gasteiger partial charge in [-0.25, -0.2) is 0 Å². The van der Waals surface area contributed by atoms with Crippen LogP contribution < -0.4 is 0 Å². The molecule has 1 aromatic carbocycles. The molecule has 66 valence electrons. The summed E-state index contributed by atoms with van der Waals surface area (Å²) in [5, 5.41) is 9.76. The number of hydrogen-bond donors (Lipinski definition) is 1. The molecule has 2 heteroatoms. The minimum atomic E-state index is -0.187. The van der Waals surface area contributed by atoms with Crippen molar-refractivity contribution in [2.45, 2.75) is 18.3 Å². The Morgan fingerprint density at radius 2 is 2.15 bits per heavy atom. The Kier molecular flexibility index (Phi) is 1.85. The van der Waals surface area contributed by atoms with Gasteiger partial charge in [0.2, 0.25) is 0 Å². The van der Waals surface area contributed by atoms with Gasteiger partial charge in [0.15, 0.2) is 0 Å². The lowest BCUT2D eigenvalue weighted by atomic mass is 9.96. The van der Waals surface area contributed by atoms with Gasteiger partial charge in [-0.2, -0.15) is 0 Å². The van der Waals surface area contributed by atoms with Crippen LogP contribution in [0.4, 0.5) is 0 Å². The molecule has 0 aliphatic heterocycles. The number of benzene rings is 1. The monoisotopic (exact) mass is 236 g/mol. The van der Waals surface area contributed by atoms with Gasteiger partial charge in [-0.05, 0) is 34.8 Å². The van der Waals surface area contributed by atoms with Crippen LogP contribution in [0.3, 0.4) is 0 Å². The first-order valence-corrected chi connectivity index (χ1v) is 4.95. The van der Waals surface area contributed by atoms with Crippen molar-refractivity contribution in [3.63, 3.8) is 0 Å². The highest BCUT2D eigenvalue weighted by atomic mass is 79.9. The third-order valence-electron chi connectivity index (χ3n) is 2.53. The highest BCUT2D eigenvalue weighted by Crippen LogP contribution is 2.51. The first-order chi connectivity index (χ1) is 6.19. The molecule has 1 saturated carbocycles. The van der Waals surface area contributed by atoms with Crippen LogP contribution in [0.25, 0.3) is 0 Å². The van der Waals surface area contributed by atoms with Crippen molar-refractivity contribution in [3.05, 3.63) is 28.2 Å². The molecule has 1 fully saturated rings. The molecule has 1 N–H and O–H groups in total. The predicted molar refractivity (Wildman–Crippen MR) is 55.6 cm³/mol. The molecule has 0 spiro atoms. The molecule has 0 heterocycles. The zero-order chi connectivity index (χ0) is 9.47. The average Bonchev–Trinajstić information content (AvgIpc) is 2.90. The second-order valence-corrected chi connectivity index (χ2v) is 4.22. The minimum absolute atomic E-state index is 0.187. The molecule has 1 aliphatic rings. The third kappa shape index (κ3) is 1.24. The first kappa shape index (κ1) is 8.65. The van der Waals surface area contributed by atoms with Crippen molar-refractivity contribution in [2.75, 3.05) is 0 Å². The van der Waals surface area contributed by atoms with Crippen LogP contribution in [0, 0.1) is 12.3 Å². The Morgan fingerprint density at radius 1 is 1.46 bits per heavy atom. The normalized spacial score (nSPS) is 17.8. The van der Waals surface area contributed by atoms with E-state index in [9.17, 15) is 5.11 Å². The van der Waals surface area contributed by atoms with Crippen LogP contribution >= 0.6 is 15.9 Å². The summed E-state index contributed by atoms with van der Waals surface area (Å²) < 4.78 is 0.714. The van der Waals surface area contributed by atoms with Gasteiger partial charge >= 0.3 is 0 Å². The first-order valence-electron chi connectivity index (χ1n) is 4.15. The third-order valence-corrected chi connectivity index (χ3v) is 3.17. The second kappa shape index (κ2) is 2.78. The van der Waals surface area contributed by atoms with Crippen molar-refractivity contribution < 1.29 is 5.11 Å². The number of halogens is 1. The van der Waals surface area contributed by atoms with Gasteiger partial charge in [0, 0.05) is 5.56 Å². The average molecular weight is 237 g/mol. The lowest BCUT2D eigenvalue weighted by molar-refractivity contribution is 0.461. The van der Waals surface area contributed by atoms with Crippen molar-refractivity contribution >= 4 is 15.9 Å². The van der Waals surface area contributed by atoms with Crippen LogP contribution in [0.15, 0.2) is 22.7 Å². The van der Waals surface area contributed by atoms with Crippen molar-refractivity contribution in [3.8, 4) is 18.1 Å². The molecule has 0 aromatic heterocycles. The minimum Gasteiger partial charge on any atom is -0.506 e. The predicted octanol–water partition coefficient (Wildman–Crippen LogP) is 2.82. The summed E-state index contributed by atoms with van der Waals surface area (Å²) >= 11 is 3.28. The highest BCUT2D eigenvalue weighted by Gasteiger charge is 2.44. The van der Waals surface area contributed by atoms with Crippen molar-refractivity contribution in [1.29, 1.82) is 0 Å². The molecular formula is C11H9BrO. The van der Waals surface area contributed by atoms with Crippen LogP contribution in [0.2, 0.25) is 0 Å². The van der Waals surface area contributed by atoms with Crippen molar-refractivity contribution in [2.24, 2.45) is 0 Å².